The quantitative estimate of drug-likeness (QED) is 0.358. The Morgan fingerprint density at radius 3 is 1.81 bits per heavy atom. The van der Waals surface area contributed by atoms with E-state index < -0.39 is 46.1 Å². The molecule has 0 radical (unpaired) electrons. The highest BCUT2D eigenvalue weighted by Gasteiger charge is 2.38. The van der Waals surface area contributed by atoms with E-state index in [0.717, 1.165) is 57.1 Å². The highest BCUT2D eigenvalue weighted by atomic mass is 19.4. The van der Waals surface area contributed by atoms with Gasteiger partial charge in [-0.2, -0.15) is 13.2 Å². The van der Waals surface area contributed by atoms with Gasteiger partial charge in [-0.3, -0.25) is 0 Å². The molecule has 1 aliphatic carbocycles. The Morgan fingerprint density at radius 2 is 1.31 bits per heavy atom. The monoisotopic (exact) mass is 518 g/mol. The van der Waals surface area contributed by atoms with Crippen LogP contribution in [-0.4, -0.2) is 19.5 Å². The van der Waals surface area contributed by atoms with Gasteiger partial charge in [-0.05, 0) is 92.2 Å². The number of hydrogen-bond donors (Lipinski definition) is 0. The first-order valence-corrected chi connectivity index (χ1v) is 12.4. The average molecular weight is 519 g/mol. The highest BCUT2D eigenvalue weighted by Crippen LogP contribution is 2.41. The van der Waals surface area contributed by atoms with E-state index in [-0.39, 0.29) is 12.2 Å². The Balaban J connectivity index is 1.39. The van der Waals surface area contributed by atoms with E-state index in [1.807, 2.05) is 0 Å². The second kappa shape index (κ2) is 11.1. The van der Waals surface area contributed by atoms with Crippen molar-refractivity contribution in [2.24, 2.45) is 11.8 Å². The summed E-state index contributed by atoms with van der Waals surface area (Å²) in [5.74, 6) is -5.15. The van der Waals surface area contributed by atoms with Crippen LogP contribution in [0.2, 0.25) is 0 Å². The molecule has 0 unspecified atom stereocenters. The standard InChI is InChI=1S/C27H29F7O2/c1-2-15-13-35-24(36-14-15)8-5-16-3-6-17(7-4-16)18-9-20(28)25(21(29)10-18)19-11-22(30)26(23(31)12-19)27(32,33)34/h9-12,15-17,24H,2-8,13-14H2,1H3. The van der Waals surface area contributed by atoms with Crippen LogP contribution in [0.5, 0.6) is 0 Å². The van der Waals surface area contributed by atoms with Crippen LogP contribution in [0.3, 0.4) is 0 Å². The fourth-order valence-electron chi connectivity index (χ4n) is 5.23. The van der Waals surface area contributed by atoms with Gasteiger partial charge in [-0.15, -0.1) is 0 Å². The maximum atomic E-state index is 14.9. The van der Waals surface area contributed by atoms with E-state index in [0.29, 0.717) is 42.7 Å². The number of halogens is 7. The Labute approximate surface area is 205 Å². The predicted octanol–water partition coefficient (Wildman–Crippen LogP) is 8.38. The molecule has 9 heteroatoms. The van der Waals surface area contributed by atoms with E-state index in [1.165, 1.54) is 0 Å². The van der Waals surface area contributed by atoms with Gasteiger partial charge in [-0.1, -0.05) is 6.92 Å². The van der Waals surface area contributed by atoms with E-state index in [1.54, 1.807) is 0 Å². The first-order chi connectivity index (χ1) is 17.1. The highest BCUT2D eigenvalue weighted by molar-refractivity contribution is 5.66. The maximum Gasteiger partial charge on any atom is 0.422 e. The van der Waals surface area contributed by atoms with E-state index in [9.17, 15) is 30.7 Å². The lowest BCUT2D eigenvalue weighted by Gasteiger charge is -2.32. The topological polar surface area (TPSA) is 18.5 Å². The molecule has 0 N–H and O–H groups in total. The van der Waals surface area contributed by atoms with Crippen molar-refractivity contribution in [2.75, 3.05) is 13.2 Å². The van der Waals surface area contributed by atoms with Gasteiger partial charge in [0.25, 0.3) is 0 Å². The van der Waals surface area contributed by atoms with Crippen molar-refractivity contribution in [3.05, 3.63) is 58.7 Å². The summed E-state index contributed by atoms with van der Waals surface area (Å²) < 4.78 is 108. The molecule has 36 heavy (non-hydrogen) atoms. The average Bonchev–Trinajstić information content (AvgIpc) is 2.81. The first kappa shape index (κ1) is 26.9. The van der Waals surface area contributed by atoms with Gasteiger partial charge in [0, 0.05) is 5.92 Å². The second-order valence-electron chi connectivity index (χ2n) is 9.84. The maximum absolute atomic E-state index is 14.9. The van der Waals surface area contributed by atoms with Crippen molar-refractivity contribution in [1.29, 1.82) is 0 Å². The zero-order valence-electron chi connectivity index (χ0n) is 19.9. The summed E-state index contributed by atoms with van der Waals surface area (Å²) in [6.07, 6.45) is 0.571. The summed E-state index contributed by atoms with van der Waals surface area (Å²) in [5, 5.41) is 0. The molecule has 4 rings (SSSR count). The molecule has 1 saturated heterocycles. The summed E-state index contributed by atoms with van der Waals surface area (Å²) in [4.78, 5) is 0. The van der Waals surface area contributed by atoms with Crippen LogP contribution in [0.1, 0.15) is 68.9 Å². The molecule has 0 aromatic heterocycles. The molecule has 2 fully saturated rings. The zero-order chi connectivity index (χ0) is 26.0. The predicted molar refractivity (Wildman–Crippen MR) is 120 cm³/mol. The van der Waals surface area contributed by atoms with Crippen LogP contribution in [0.4, 0.5) is 30.7 Å². The lowest BCUT2D eigenvalue weighted by molar-refractivity contribution is -0.204. The second-order valence-corrected chi connectivity index (χ2v) is 9.84. The zero-order valence-corrected chi connectivity index (χ0v) is 19.9. The summed E-state index contributed by atoms with van der Waals surface area (Å²) in [5.41, 5.74) is -3.03. The molecule has 0 spiro atoms. The molecule has 0 bridgehead atoms. The molecular formula is C27H29F7O2. The number of hydrogen-bond acceptors (Lipinski definition) is 2. The van der Waals surface area contributed by atoms with Gasteiger partial charge in [0.2, 0.25) is 0 Å². The lowest BCUT2D eigenvalue weighted by atomic mass is 9.77. The molecule has 1 aliphatic heterocycles. The van der Waals surface area contributed by atoms with Crippen LogP contribution in [0.15, 0.2) is 24.3 Å². The molecule has 2 aromatic rings. The first-order valence-electron chi connectivity index (χ1n) is 12.4. The molecule has 1 heterocycles. The van der Waals surface area contributed by atoms with Gasteiger partial charge < -0.3 is 9.47 Å². The van der Waals surface area contributed by atoms with Crippen molar-refractivity contribution >= 4 is 0 Å². The van der Waals surface area contributed by atoms with Crippen LogP contribution in [0, 0.1) is 35.1 Å². The van der Waals surface area contributed by atoms with E-state index in [4.69, 9.17) is 9.47 Å². The molecule has 1 saturated carbocycles. The summed E-state index contributed by atoms with van der Waals surface area (Å²) in [7, 11) is 0. The Kier molecular flexibility index (Phi) is 8.29. The molecule has 2 aliphatic rings. The van der Waals surface area contributed by atoms with Crippen molar-refractivity contribution in [2.45, 2.75) is 70.3 Å². The molecule has 0 atom stereocenters. The summed E-state index contributed by atoms with van der Waals surface area (Å²) in [6.45, 7) is 3.54. The molecule has 198 valence electrons. The number of ether oxygens (including phenoxy) is 2. The Bertz CT molecular complexity index is 1010. The van der Waals surface area contributed by atoms with Gasteiger partial charge in [0.05, 0.1) is 18.8 Å². The number of alkyl halides is 3. The van der Waals surface area contributed by atoms with Crippen molar-refractivity contribution in [3.63, 3.8) is 0 Å². The number of benzene rings is 2. The van der Waals surface area contributed by atoms with Gasteiger partial charge in [0.15, 0.2) is 6.29 Å². The van der Waals surface area contributed by atoms with Crippen LogP contribution in [-0.2, 0) is 15.7 Å². The minimum absolute atomic E-state index is 0.0760. The van der Waals surface area contributed by atoms with Crippen LogP contribution < -0.4 is 0 Å². The third-order valence-corrected chi connectivity index (χ3v) is 7.42. The van der Waals surface area contributed by atoms with E-state index >= 15 is 0 Å². The third kappa shape index (κ3) is 6.05. The van der Waals surface area contributed by atoms with E-state index in [2.05, 4.69) is 6.92 Å². The van der Waals surface area contributed by atoms with Crippen molar-refractivity contribution in [1.82, 2.24) is 0 Å². The van der Waals surface area contributed by atoms with Crippen LogP contribution >= 0.6 is 0 Å². The fourth-order valence-corrected chi connectivity index (χ4v) is 5.23. The third-order valence-electron chi connectivity index (χ3n) is 7.42. The smallest absolute Gasteiger partial charge is 0.352 e. The lowest BCUT2D eigenvalue weighted by Crippen LogP contribution is -2.32. The Morgan fingerprint density at radius 1 is 0.750 bits per heavy atom. The summed E-state index contributed by atoms with van der Waals surface area (Å²) >= 11 is 0. The summed E-state index contributed by atoms with van der Waals surface area (Å²) in [6, 6.07) is 2.84. The van der Waals surface area contributed by atoms with Gasteiger partial charge in [0.1, 0.15) is 28.8 Å². The van der Waals surface area contributed by atoms with Crippen LogP contribution in [0.25, 0.3) is 11.1 Å². The Hall–Kier alpha value is -2.13. The normalized spacial score (nSPS) is 25.2. The van der Waals surface area contributed by atoms with Gasteiger partial charge >= 0.3 is 6.18 Å². The van der Waals surface area contributed by atoms with Crippen molar-refractivity contribution < 1.29 is 40.2 Å². The molecule has 2 aromatic carbocycles. The minimum Gasteiger partial charge on any atom is -0.352 e. The van der Waals surface area contributed by atoms with Gasteiger partial charge in [-0.25, -0.2) is 17.6 Å². The largest absolute Gasteiger partial charge is 0.422 e. The fraction of sp³-hybridized carbons (Fsp3) is 0.556. The van der Waals surface area contributed by atoms with Crippen molar-refractivity contribution in [3.8, 4) is 11.1 Å². The minimum atomic E-state index is -5.26. The molecule has 2 nitrogen and oxygen atoms in total. The SMILES string of the molecule is CCC1COC(CCC2CCC(c3cc(F)c(-c4cc(F)c(C(F)(F)F)c(F)c4)c(F)c3)CC2)OC1. The number of rotatable bonds is 6. The molecular weight excluding hydrogens is 489 g/mol. The molecule has 0 amide bonds.